The fourth-order valence-electron chi connectivity index (χ4n) is 1.96. The molecular weight excluding hydrogens is 172 g/mol. The van der Waals surface area contributed by atoms with Gasteiger partial charge in [0, 0.05) is 12.8 Å². The van der Waals surface area contributed by atoms with Crippen LogP contribution < -0.4 is 0 Å². The van der Waals surface area contributed by atoms with Gasteiger partial charge in [-0.05, 0) is 12.8 Å². The van der Waals surface area contributed by atoms with Crippen molar-refractivity contribution >= 4 is 0 Å². The third-order valence-electron chi connectivity index (χ3n) is 2.80. The summed E-state index contributed by atoms with van der Waals surface area (Å²) in [6, 6.07) is 0. The lowest BCUT2D eigenvalue weighted by Crippen LogP contribution is -2.52. The minimum absolute atomic E-state index is 0.182. The Bertz CT molecular complexity index is 176. The van der Waals surface area contributed by atoms with Gasteiger partial charge in [0.15, 0.2) is 5.79 Å². The normalized spacial score (nSPS) is 46.6. The highest BCUT2D eigenvalue weighted by Gasteiger charge is 2.42. The van der Waals surface area contributed by atoms with Crippen LogP contribution in [-0.2, 0) is 9.47 Å². The first-order valence-electron chi connectivity index (χ1n) is 4.86. The summed E-state index contributed by atoms with van der Waals surface area (Å²) in [4.78, 5) is 0. The van der Waals surface area contributed by atoms with Crippen LogP contribution >= 0.6 is 0 Å². The first kappa shape index (κ1) is 9.40. The molecule has 0 aromatic rings. The number of aliphatic hydroxyl groups is 2. The van der Waals surface area contributed by atoms with E-state index in [0.29, 0.717) is 13.0 Å². The predicted octanol–water partition coefficient (Wildman–Crippen LogP) is 0.0253. The van der Waals surface area contributed by atoms with Gasteiger partial charge in [-0.2, -0.15) is 0 Å². The van der Waals surface area contributed by atoms with Gasteiger partial charge < -0.3 is 19.7 Å². The van der Waals surface area contributed by atoms with Gasteiger partial charge in [-0.1, -0.05) is 0 Å². The van der Waals surface area contributed by atoms with Gasteiger partial charge >= 0.3 is 0 Å². The molecule has 0 unspecified atom stereocenters. The van der Waals surface area contributed by atoms with E-state index in [4.69, 9.17) is 9.47 Å². The Kier molecular flexibility index (Phi) is 2.55. The van der Waals surface area contributed by atoms with Crippen LogP contribution in [0.25, 0.3) is 0 Å². The van der Waals surface area contributed by atoms with Crippen LogP contribution in [0, 0.1) is 0 Å². The maximum Gasteiger partial charge on any atom is 0.170 e. The monoisotopic (exact) mass is 188 g/mol. The number of ether oxygens (including phenoxy) is 2. The fraction of sp³-hybridized carbons (Fsp3) is 1.00. The number of rotatable bonds is 0. The highest BCUT2D eigenvalue weighted by atomic mass is 16.7. The van der Waals surface area contributed by atoms with Crippen LogP contribution in [-0.4, -0.2) is 41.4 Å². The van der Waals surface area contributed by atoms with Gasteiger partial charge in [0.2, 0.25) is 0 Å². The summed E-state index contributed by atoms with van der Waals surface area (Å²) in [5.41, 5.74) is 0. The first-order valence-corrected chi connectivity index (χ1v) is 4.86. The van der Waals surface area contributed by atoms with Crippen molar-refractivity contribution < 1.29 is 19.7 Å². The van der Waals surface area contributed by atoms with Crippen LogP contribution in [0.5, 0.6) is 0 Å². The number of aliphatic hydroxyl groups excluding tert-OH is 2. The number of hydrogen-bond acceptors (Lipinski definition) is 4. The SMILES string of the molecule is O[C@@H]1CO[C@]2(CCCCO2)C[C@@H]1O. The lowest BCUT2D eigenvalue weighted by atomic mass is 9.94. The Morgan fingerprint density at radius 1 is 1.08 bits per heavy atom. The highest BCUT2D eigenvalue weighted by molar-refractivity contribution is 4.85. The van der Waals surface area contributed by atoms with Gasteiger partial charge in [0.25, 0.3) is 0 Å². The summed E-state index contributed by atoms with van der Waals surface area (Å²) in [6.45, 7) is 0.879. The van der Waals surface area contributed by atoms with Gasteiger partial charge in [0.1, 0.15) is 6.10 Å². The molecule has 2 aliphatic heterocycles. The summed E-state index contributed by atoms with van der Waals surface area (Å²) in [5.74, 6) is -0.600. The van der Waals surface area contributed by atoms with Crippen LogP contribution in [0.2, 0.25) is 0 Å². The van der Waals surface area contributed by atoms with Crippen molar-refractivity contribution in [2.75, 3.05) is 13.2 Å². The van der Waals surface area contributed by atoms with E-state index >= 15 is 0 Å². The Morgan fingerprint density at radius 2 is 1.92 bits per heavy atom. The van der Waals surface area contributed by atoms with E-state index in [1.54, 1.807) is 0 Å². The molecule has 0 bridgehead atoms. The molecule has 2 fully saturated rings. The Morgan fingerprint density at radius 3 is 2.54 bits per heavy atom. The molecule has 4 nitrogen and oxygen atoms in total. The summed E-state index contributed by atoms with van der Waals surface area (Å²) in [6.07, 6.45) is 1.90. The predicted molar refractivity (Wildman–Crippen MR) is 45.1 cm³/mol. The second-order valence-electron chi connectivity index (χ2n) is 3.87. The fourth-order valence-corrected chi connectivity index (χ4v) is 1.96. The molecule has 2 rings (SSSR count). The molecule has 2 aliphatic rings. The minimum Gasteiger partial charge on any atom is -0.390 e. The third-order valence-corrected chi connectivity index (χ3v) is 2.80. The molecule has 0 aromatic carbocycles. The molecule has 0 saturated carbocycles. The van der Waals surface area contributed by atoms with Crippen LogP contribution in [0.3, 0.4) is 0 Å². The maximum atomic E-state index is 9.49. The Hall–Kier alpha value is -0.160. The van der Waals surface area contributed by atoms with Crippen LogP contribution in [0.1, 0.15) is 25.7 Å². The summed E-state index contributed by atoms with van der Waals surface area (Å²) in [5, 5.41) is 18.7. The molecule has 0 aliphatic carbocycles. The molecular formula is C9H16O4. The second-order valence-corrected chi connectivity index (χ2v) is 3.87. The maximum absolute atomic E-state index is 9.49. The lowest BCUT2D eigenvalue weighted by molar-refractivity contribution is -0.304. The molecule has 0 aromatic heterocycles. The topological polar surface area (TPSA) is 58.9 Å². The molecule has 0 amide bonds. The largest absolute Gasteiger partial charge is 0.390 e. The minimum atomic E-state index is -0.754. The quantitative estimate of drug-likeness (QED) is 0.563. The average Bonchev–Trinajstić information content (AvgIpc) is 2.14. The summed E-state index contributed by atoms with van der Waals surface area (Å²) < 4.78 is 11.0. The molecule has 2 heterocycles. The van der Waals surface area contributed by atoms with E-state index in [1.165, 1.54) is 0 Å². The van der Waals surface area contributed by atoms with Crippen molar-refractivity contribution in [2.24, 2.45) is 0 Å². The van der Waals surface area contributed by atoms with Crippen LogP contribution in [0.4, 0.5) is 0 Å². The Labute approximate surface area is 77.5 Å². The van der Waals surface area contributed by atoms with Crippen molar-refractivity contribution in [1.29, 1.82) is 0 Å². The zero-order valence-corrected chi connectivity index (χ0v) is 7.61. The van der Waals surface area contributed by atoms with Gasteiger partial charge in [-0.25, -0.2) is 0 Å². The molecule has 2 saturated heterocycles. The van der Waals surface area contributed by atoms with Gasteiger partial charge in [0.05, 0.1) is 19.3 Å². The molecule has 1 spiro atoms. The van der Waals surface area contributed by atoms with Crippen molar-refractivity contribution in [1.82, 2.24) is 0 Å². The second kappa shape index (κ2) is 3.53. The first-order chi connectivity index (χ1) is 6.22. The zero-order valence-electron chi connectivity index (χ0n) is 7.61. The van der Waals surface area contributed by atoms with Crippen molar-refractivity contribution in [3.05, 3.63) is 0 Å². The standard InChI is InChI=1S/C9H16O4/c10-7-5-9(13-6-8(7)11)3-1-2-4-12-9/h7-8,10-11H,1-6H2/t7-,8+,9+/m0/s1. The van der Waals surface area contributed by atoms with E-state index in [9.17, 15) is 10.2 Å². The zero-order chi connectivity index (χ0) is 9.31. The van der Waals surface area contributed by atoms with Crippen LogP contribution in [0.15, 0.2) is 0 Å². The summed E-state index contributed by atoms with van der Waals surface area (Å²) >= 11 is 0. The molecule has 0 radical (unpaired) electrons. The molecule has 13 heavy (non-hydrogen) atoms. The van der Waals surface area contributed by atoms with E-state index in [0.717, 1.165) is 19.3 Å². The highest BCUT2D eigenvalue weighted by Crippen LogP contribution is 2.34. The van der Waals surface area contributed by atoms with Crippen molar-refractivity contribution in [3.8, 4) is 0 Å². The van der Waals surface area contributed by atoms with E-state index in [2.05, 4.69) is 0 Å². The van der Waals surface area contributed by atoms with E-state index in [1.807, 2.05) is 0 Å². The van der Waals surface area contributed by atoms with Crippen molar-refractivity contribution in [2.45, 2.75) is 43.7 Å². The van der Waals surface area contributed by atoms with Gasteiger partial charge in [-0.15, -0.1) is 0 Å². The molecule has 76 valence electrons. The molecule has 3 atom stereocenters. The van der Waals surface area contributed by atoms with Gasteiger partial charge in [-0.3, -0.25) is 0 Å². The summed E-state index contributed by atoms with van der Waals surface area (Å²) in [7, 11) is 0. The number of hydrogen-bond donors (Lipinski definition) is 2. The Balaban J connectivity index is 1.99. The smallest absolute Gasteiger partial charge is 0.170 e. The molecule has 4 heteroatoms. The molecule has 2 N–H and O–H groups in total. The third kappa shape index (κ3) is 1.86. The average molecular weight is 188 g/mol. The van der Waals surface area contributed by atoms with E-state index < -0.39 is 18.0 Å². The lowest BCUT2D eigenvalue weighted by Gasteiger charge is -2.43. The van der Waals surface area contributed by atoms with E-state index in [-0.39, 0.29) is 6.61 Å². The van der Waals surface area contributed by atoms with Crippen molar-refractivity contribution in [3.63, 3.8) is 0 Å².